The van der Waals surface area contributed by atoms with Crippen molar-refractivity contribution in [3.8, 4) is 5.75 Å². The normalized spacial score (nSPS) is 24.0. The molecule has 1 aliphatic heterocycles. The second kappa shape index (κ2) is 6.77. The Balaban J connectivity index is 2.12. The van der Waals surface area contributed by atoms with Crippen molar-refractivity contribution in [3.05, 3.63) is 24.3 Å². The largest absolute Gasteiger partial charge is 0.494 e. The first-order valence-electron chi connectivity index (χ1n) is 7.36. The number of aliphatic hydroxyl groups is 1. The molecule has 1 aromatic carbocycles. The molecule has 1 fully saturated rings. The summed E-state index contributed by atoms with van der Waals surface area (Å²) in [6, 6.07) is 6.53. The Morgan fingerprint density at radius 2 is 2.00 bits per heavy atom. The van der Waals surface area contributed by atoms with Gasteiger partial charge in [0, 0.05) is 13.1 Å². The van der Waals surface area contributed by atoms with Crippen LogP contribution in [0.2, 0.25) is 0 Å². The number of benzene rings is 1. The van der Waals surface area contributed by atoms with Crippen LogP contribution in [0.1, 0.15) is 26.7 Å². The second-order valence-electron chi connectivity index (χ2n) is 5.52. The first-order valence-corrected chi connectivity index (χ1v) is 8.80. The fourth-order valence-electron chi connectivity index (χ4n) is 2.39. The Kier molecular flexibility index (Phi) is 5.24. The minimum absolute atomic E-state index is 0.0410. The summed E-state index contributed by atoms with van der Waals surface area (Å²) in [5.74, 6) is 0.638. The number of rotatable bonds is 5. The van der Waals surface area contributed by atoms with E-state index in [1.807, 2.05) is 13.8 Å². The van der Waals surface area contributed by atoms with Crippen LogP contribution in [0.3, 0.4) is 0 Å². The molecule has 2 unspecified atom stereocenters. The molecule has 1 aliphatic rings. The summed E-state index contributed by atoms with van der Waals surface area (Å²) in [6.07, 6.45) is 0.979. The average molecular weight is 313 g/mol. The van der Waals surface area contributed by atoms with Gasteiger partial charge in [-0.25, -0.2) is 8.42 Å². The fourth-order valence-corrected chi connectivity index (χ4v) is 3.95. The van der Waals surface area contributed by atoms with Crippen LogP contribution in [0.4, 0.5) is 0 Å². The maximum absolute atomic E-state index is 12.6. The van der Waals surface area contributed by atoms with Crippen LogP contribution >= 0.6 is 0 Å². The number of hydrogen-bond acceptors (Lipinski definition) is 4. The zero-order valence-electron chi connectivity index (χ0n) is 12.5. The predicted molar refractivity (Wildman–Crippen MR) is 80.8 cm³/mol. The van der Waals surface area contributed by atoms with Crippen molar-refractivity contribution >= 4 is 10.0 Å². The lowest BCUT2D eigenvalue weighted by molar-refractivity contribution is 0.0628. The number of hydrogen-bond donors (Lipinski definition) is 1. The van der Waals surface area contributed by atoms with E-state index in [0.29, 0.717) is 31.9 Å². The third kappa shape index (κ3) is 3.75. The van der Waals surface area contributed by atoms with Crippen LogP contribution in [-0.2, 0) is 10.0 Å². The van der Waals surface area contributed by atoms with E-state index in [-0.39, 0.29) is 10.8 Å². The van der Waals surface area contributed by atoms with Gasteiger partial charge in [0.2, 0.25) is 10.0 Å². The van der Waals surface area contributed by atoms with E-state index >= 15 is 0 Å². The molecular formula is C15H23NO4S. The molecule has 0 aromatic heterocycles. The van der Waals surface area contributed by atoms with Gasteiger partial charge in [0.05, 0.1) is 17.6 Å². The summed E-state index contributed by atoms with van der Waals surface area (Å²) >= 11 is 0. The minimum atomic E-state index is -3.49. The highest BCUT2D eigenvalue weighted by Crippen LogP contribution is 2.25. The molecule has 5 nitrogen and oxygen atoms in total. The van der Waals surface area contributed by atoms with Crippen LogP contribution in [0.15, 0.2) is 29.2 Å². The highest BCUT2D eigenvalue weighted by atomic mass is 32.2. The van der Waals surface area contributed by atoms with Gasteiger partial charge in [-0.2, -0.15) is 4.31 Å². The van der Waals surface area contributed by atoms with E-state index in [1.165, 1.54) is 4.31 Å². The zero-order valence-corrected chi connectivity index (χ0v) is 13.3. The summed E-state index contributed by atoms with van der Waals surface area (Å²) < 4.78 is 32.0. The molecule has 1 heterocycles. The SMILES string of the molecule is CCCOc1ccc(S(=O)(=O)N2CCC(O)C(C)C2)cc1. The molecule has 1 saturated heterocycles. The molecular weight excluding hydrogens is 290 g/mol. The first kappa shape index (κ1) is 16.3. The van der Waals surface area contributed by atoms with Gasteiger partial charge in [0.15, 0.2) is 0 Å². The minimum Gasteiger partial charge on any atom is -0.494 e. The smallest absolute Gasteiger partial charge is 0.243 e. The molecule has 2 rings (SSSR count). The van der Waals surface area contributed by atoms with Gasteiger partial charge in [-0.1, -0.05) is 13.8 Å². The van der Waals surface area contributed by atoms with E-state index < -0.39 is 16.1 Å². The highest BCUT2D eigenvalue weighted by Gasteiger charge is 2.32. The van der Waals surface area contributed by atoms with Crippen molar-refractivity contribution in [2.75, 3.05) is 19.7 Å². The molecule has 0 amide bonds. The van der Waals surface area contributed by atoms with Crippen molar-refractivity contribution in [2.45, 2.75) is 37.7 Å². The van der Waals surface area contributed by atoms with Crippen molar-refractivity contribution in [1.82, 2.24) is 4.31 Å². The average Bonchev–Trinajstić information content (AvgIpc) is 2.48. The van der Waals surface area contributed by atoms with Gasteiger partial charge in [-0.3, -0.25) is 0 Å². The van der Waals surface area contributed by atoms with E-state index in [1.54, 1.807) is 24.3 Å². The quantitative estimate of drug-likeness (QED) is 0.901. The van der Waals surface area contributed by atoms with Gasteiger partial charge < -0.3 is 9.84 Å². The topological polar surface area (TPSA) is 66.8 Å². The van der Waals surface area contributed by atoms with Gasteiger partial charge in [0.1, 0.15) is 5.75 Å². The molecule has 0 saturated carbocycles. The molecule has 0 spiro atoms. The lowest BCUT2D eigenvalue weighted by Crippen LogP contribution is -2.44. The molecule has 0 aliphatic carbocycles. The van der Waals surface area contributed by atoms with Gasteiger partial charge in [-0.05, 0) is 43.0 Å². The highest BCUT2D eigenvalue weighted by molar-refractivity contribution is 7.89. The van der Waals surface area contributed by atoms with Gasteiger partial charge >= 0.3 is 0 Å². The molecule has 2 atom stereocenters. The van der Waals surface area contributed by atoms with Gasteiger partial charge in [0.25, 0.3) is 0 Å². The van der Waals surface area contributed by atoms with Crippen molar-refractivity contribution < 1.29 is 18.3 Å². The van der Waals surface area contributed by atoms with Crippen LogP contribution in [0, 0.1) is 5.92 Å². The Morgan fingerprint density at radius 1 is 1.33 bits per heavy atom. The van der Waals surface area contributed by atoms with E-state index in [2.05, 4.69) is 0 Å². The third-order valence-electron chi connectivity index (χ3n) is 3.76. The van der Waals surface area contributed by atoms with Crippen LogP contribution < -0.4 is 4.74 Å². The fraction of sp³-hybridized carbons (Fsp3) is 0.600. The second-order valence-corrected chi connectivity index (χ2v) is 7.45. The maximum atomic E-state index is 12.6. The molecule has 0 bridgehead atoms. The Labute approximate surface area is 126 Å². The van der Waals surface area contributed by atoms with Crippen LogP contribution in [0.25, 0.3) is 0 Å². The lowest BCUT2D eigenvalue weighted by atomic mass is 9.99. The number of sulfonamides is 1. The van der Waals surface area contributed by atoms with E-state index in [0.717, 1.165) is 6.42 Å². The van der Waals surface area contributed by atoms with E-state index in [4.69, 9.17) is 4.74 Å². The predicted octanol–water partition coefficient (Wildman–Crippen LogP) is 1.87. The molecule has 1 aromatic rings. The van der Waals surface area contributed by atoms with E-state index in [9.17, 15) is 13.5 Å². The standard InChI is InChI=1S/C15H23NO4S/c1-3-10-20-13-4-6-14(7-5-13)21(18,19)16-9-8-15(17)12(2)11-16/h4-7,12,15,17H,3,8-11H2,1-2H3. The lowest BCUT2D eigenvalue weighted by Gasteiger charge is -2.33. The van der Waals surface area contributed by atoms with Crippen molar-refractivity contribution in [1.29, 1.82) is 0 Å². The number of ether oxygens (including phenoxy) is 1. The first-order chi connectivity index (χ1) is 9.95. The van der Waals surface area contributed by atoms with Gasteiger partial charge in [-0.15, -0.1) is 0 Å². The molecule has 6 heteroatoms. The van der Waals surface area contributed by atoms with Crippen LogP contribution in [0.5, 0.6) is 5.75 Å². The molecule has 118 valence electrons. The summed E-state index contributed by atoms with van der Waals surface area (Å²) in [4.78, 5) is 0.273. The number of piperidine rings is 1. The van der Waals surface area contributed by atoms with Crippen molar-refractivity contribution in [3.63, 3.8) is 0 Å². The van der Waals surface area contributed by atoms with Crippen LogP contribution in [-0.4, -0.2) is 43.6 Å². The monoisotopic (exact) mass is 313 g/mol. The Hall–Kier alpha value is -1.11. The zero-order chi connectivity index (χ0) is 15.5. The molecule has 0 radical (unpaired) electrons. The van der Waals surface area contributed by atoms with Crippen molar-refractivity contribution in [2.24, 2.45) is 5.92 Å². The molecule has 1 N–H and O–H groups in total. The Morgan fingerprint density at radius 3 is 2.57 bits per heavy atom. The summed E-state index contributed by atoms with van der Waals surface area (Å²) in [7, 11) is -3.49. The third-order valence-corrected chi connectivity index (χ3v) is 5.64. The Bertz CT molecular complexity index is 556. The number of nitrogens with zero attached hydrogens (tertiary/aromatic N) is 1. The summed E-state index contributed by atoms with van der Waals surface area (Å²) in [5.41, 5.74) is 0. The number of aliphatic hydroxyl groups excluding tert-OH is 1. The maximum Gasteiger partial charge on any atom is 0.243 e. The summed E-state index contributed by atoms with van der Waals surface area (Å²) in [6.45, 7) is 5.23. The molecule has 21 heavy (non-hydrogen) atoms. The summed E-state index contributed by atoms with van der Waals surface area (Å²) in [5, 5.41) is 9.71.